The van der Waals surface area contributed by atoms with E-state index < -0.39 is 5.60 Å². The summed E-state index contributed by atoms with van der Waals surface area (Å²) in [4.78, 5) is 8.29. The highest BCUT2D eigenvalue weighted by atomic mass is 16.5. The average Bonchev–Trinajstić information content (AvgIpc) is 2.74. The summed E-state index contributed by atoms with van der Waals surface area (Å²) in [5.41, 5.74) is -0.821. The lowest BCUT2D eigenvalue weighted by atomic mass is 10.0. The Hall–Kier alpha value is -1.40. The van der Waals surface area contributed by atoms with Gasteiger partial charge in [0.1, 0.15) is 5.60 Å². The molecule has 1 aromatic rings. The third-order valence-corrected chi connectivity index (χ3v) is 2.64. The van der Waals surface area contributed by atoms with Crippen LogP contribution in [0.4, 0.5) is 5.95 Å². The highest BCUT2D eigenvalue weighted by Gasteiger charge is 2.32. The number of ether oxygens (including phenoxy) is 2. The molecule has 2 N–H and O–H groups in total. The Balaban J connectivity index is 1.92. The summed E-state index contributed by atoms with van der Waals surface area (Å²) in [6, 6.07) is 1.71. The molecule has 0 saturated carbocycles. The summed E-state index contributed by atoms with van der Waals surface area (Å²) < 4.78 is 10.6. The molecule has 0 radical (unpaired) electrons. The number of anilines is 1. The smallest absolute Gasteiger partial charge is 0.226 e. The van der Waals surface area contributed by atoms with Crippen LogP contribution in [0.1, 0.15) is 20.3 Å². The first kappa shape index (κ1) is 13.0. The molecule has 6 heteroatoms. The molecule has 1 fully saturated rings. The Morgan fingerprint density at radius 1 is 1.61 bits per heavy atom. The average molecular weight is 253 g/mol. The lowest BCUT2D eigenvalue weighted by Gasteiger charge is -2.20. The van der Waals surface area contributed by atoms with Gasteiger partial charge in [-0.15, -0.1) is 0 Å². The van der Waals surface area contributed by atoms with Crippen molar-refractivity contribution in [3.05, 3.63) is 12.3 Å². The van der Waals surface area contributed by atoms with Gasteiger partial charge in [0.2, 0.25) is 11.8 Å². The Morgan fingerprint density at radius 3 is 3.11 bits per heavy atom. The van der Waals surface area contributed by atoms with Crippen LogP contribution in [0.25, 0.3) is 0 Å². The summed E-state index contributed by atoms with van der Waals surface area (Å²) in [7, 11) is 0. The van der Waals surface area contributed by atoms with Crippen molar-refractivity contribution in [2.24, 2.45) is 0 Å². The standard InChI is InChI=1S/C12H19N3O3/c1-9(2)18-10-3-5-13-11(15-10)14-7-12(16)4-6-17-8-12/h3,5,9,16H,4,6-8H2,1-2H3,(H,13,14,15). The topological polar surface area (TPSA) is 76.5 Å². The fourth-order valence-electron chi connectivity index (χ4n) is 1.71. The first-order chi connectivity index (χ1) is 8.57. The Labute approximate surface area is 106 Å². The van der Waals surface area contributed by atoms with E-state index in [4.69, 9.17) is 9.47 Å². The number of hydrogen-bond donors (Lipinski definition) is 2. The molecule has 0 aromatic carbocycles. The number of hydrogen-bond acceptors (Lipinski definition) is 6. The molecule has 0 spiro atoms. The predicted octanol–water partition coefficient (Wildman–Crippen LogP) is 0.827. The molecule has 1 aromatic heterocycles. The van der Waals surface area contributed by atoms with Gasteiger partial charge < -0.3 is 19.9 Å². The van der Waals surface area contributed by atoms with Crippen molar-refractivity contribution in [2.45, 2.75) is 32.0 Å². The van der Waals surface area contributed by atoms with Crippen molar-refractivity contribution >= 4 is 5.95 Å². The molecule has 100 valence electrons. The van der Waals surface area contributed by atoms with Crippen molar-refractivity contribution in [3.8, 4) is 5.88 Å². The largest absolute Gasteiger partial charge is 0.475 e. The molecule has 2 rings (SSSR count). The molecule has 1 aliphatic heterocycles. The zero-order valence-corrected chi connectivity index (χ0v) is 10.7. The Morgan fingerprint density at radius 2 is 2.44 bits per heavy atom. The third-order valence-electron chi connectivity index (χ3n) is 2.64. The minimum atomic E-state index is -0.821. The van der Waals surface area contributed by atoms with Gasteiger partial charge >= 0.3 is 0 Å². The van der Waals surface area contributed by atoms with Crippen molar-refractivity contribution < 1.29 is 14.6 Å². The van der Waals surface area contributed by atoms with E-state index in [1.54, 1.807) is 12.3 Å². The van der Waals surface area contributed by atoms with Gasteiger partial charge in [-0.1, -0.05) is 0 Å². The molecule has 0 amide bonds. The second-order valence-electron chi connectivity index (χ2n) is 4.77. The van der Waals surface area contributed by atoms with E-state index in [1.165, 1.54) is 0 Å². The van der Waals surface area contributed by atoms with Gasteiger partial charge in [0, 0.05) is 31.8 Å². The van der Waals surface area contributed by atoms with Crippen LogP contribution in [-0.4, -0.2) is 46.5 Å². The van der Waals surface area contributed by atoms with Gasteiger partial charge in [-0.3, -0.25) is 0 Å². The van der Waals surface area contributed by atoms with Crippen LogP contribution in [0.5, 0.6) is 5.88 Å². The van der Waals surface area contributed by atoms with Crippen LogP contribution in [-0.2, 0) is 4.74 Å². The fourth-order valence-corrected chi connectivity index (χ4v) is 1.71. The van der Waals surface area contributed by atoms with Gasteiger partial charge in [0.05, 0.1) is 12.7 Å². The van der Waals surface area contributed by atoms with Crippen LogP contribution in [0, 0.1) is 0 Å². The van der Waals surface area contributed by atoms with Crippen LogP contribution >= 0.6 is 0 Å². The van der Waals surface area contributed by atoms with E-state index in [0.29, 0.717) is 38.0 Å². The summed E-state index contributed by atoms with van der Waals surface area (Å²) in [6.45, 7) is 5.19. The van der Waals surface area contributed by atoms with Crippen molar-refractivity contribution in [1.82, 2.24) is 9.97 Å². The molecule has 18 heavy (non-hydrogen) atoms. The molecule has 1 unspecified atom stereocenters. The molecular formula is C12H19N3O3. The summed E-state index contributed by atoms with van der Waals surface area (Å²) in [5, 5.41) is 13.1. The van der Waals surface area contributed by atoms with Crippen LogP contribution in [0.2, 0.25) is 0 Å². The maximum atomic E-state index is 10.1. The zero-order valence-electron chi connectivity index (χ0n) is 10.7. The number of aromatic nitrogens is 2. The van der Waals surface area contributed by atoms with Crippen molar-refractivity contribution in [3.63, 3.8) is 0 Å². The molecule has 0 aliphatic carbocycles. The van der Waals surface area contributed by atoms with E-state index in [1.807, 2.05) is 13.8 Å². The number of rotatable bonds is 5. The van der Waals surface area contributed by atoms with Gasteiger partial charge in [0.25, 0.3) is 0 Å². The third kappa shape index (κ3) is 3.54. The summed E-state index contributed by atoms with van der Waals surface area (Å²) in [5.74, 6) is 0.977. The lowest BCUT2D eigenvalue weighted by Crippen LogP contribution is -2.37. The molecule has 1 saturated heterocycles. The van der Waals surface area contributed by atoms with E-state index in [2.05, 4.69) is 15.3 Å². The molecule has 1 aliphatic rings. The van der Waals surface area contributed by atoms with E-state index in [-0.39, 0.29) is 6.10 Å². The first-order valence-electron chi connectivity index (χ1n) is 6.11. The Kier molecular flexibility index (Phi) is 3.98. The summed E-state index contributed by atoms with van der Waals surface area (Å²) in [6.07, 6.45) is 2.32. The van der Waals surface area contributed by atoms with Crippen LogP contribution < -0.4 is 10.1 Å². The predicted molar refractivity (Wildman–Crippen MR) is 66.7 cm³/mol. The van der Waals surface area contributed by atoms with Crippen molar-refractivity contribution in [2.75, 3.05) is 25.1 Å². The Bertz CT molecular complexity index is 392. The minimum absolute atomic E-state index is 0.0696. The maximum absolute atomic E-state index is 10.1. The van der Waals surface area contributed by atoms with Gasteiger partial charge in [-0.25, -0.2) is 4.98 Å². The minimum Gasteiger partial charge on any atom is -0.475 e. The SMILES string of the molecule is CC(C)Oc1ccnc(NCC2(O)CCOC2)n1. The normalized spacial score (nSPS) is 23.3. The second-order valence-corrected chi connectivity index (χ2v) is 4.77. The zero-order chi connectivity index (χ0) is 13.0. The molecule has 0 bridgehead atoms. The number of nitrogens with one attached hydrogen (secondary N) is 1. The van der Waals surface area contributed by atoms with Gasteiger partial charge in [-0.2, -0.15) is 4.98 Å². The highest BCUT2D eigenvalue weighted by Crippen LogP contribution is 2.19. The highest BCUT2D eigenvalue weighted by molar-refractivity contribution is 5.28. The monoisotopic (exact) mass is 253 g/mol. The quantitative estimate of drug-likeness (QED) is 0.809. The summed E-state index contributed by atoms with van der Waals surface area (Å²) >= 11 is 0. The molecule has 1 atom stereocenters. The van der Waals surface area contributed by atoms with Gasteiger partial charge in [-0.05, 0) is 13.8 Å². The van der Waals surface area contributed by atoms with Crippen LogP contribution in [0.15, 0.2) is 12.3 Å². The molecule has 6 nitrogen and oxygen atoms in total. The van der Waals surface area contributed by atoms with E-state index in [9.17, 15) is 5.11 Å². The maximum Gasteiger partial charge on any atom is 0.226 e. The molecular weight excluding hydrogens is 234 g/mol. The number of nitrogens with zero attached hydrogens (tertiary/aromatic N) is 2. The van der Waals surface area contributed by atoms with E-state index >= 15 is 0 Å². The first-order valence-corrected chi connectivity index (χ1v) is 6.11. The van der Waals surface area contributed by atoms with Crippen LogP contribution in [0.3, 0.4) is 0 Å². The van der Waals surface area contributed by atoms with Gasteiger partial charge in [0.15, 0.2) is 0 Å². The van der Waals surface area contributed by atoms with E-state index in [0.717, 1.165) is 0 Å². The lowest BCUT2D eigenvalue weighted by molar-refractivity contribution is 0.0380. The number of aliphatic hydroxyl groups is 1. The molecule has 2 heterocycles. The second kappa shape index (κ2) is 5.49. The van der Waals surface area contributed by atoms with Crippen molar-refractivity contribution in [1.29, 1.82) is 0 Å². The fraction of sp³-hybridized carbons (Fsp3) is 0.667.